The van der Waals surface area contributed by atoms with Gasteiger partial charge in [0.15, 0.2) is 5.69 Å². The second kappa shape index (κ2) is 7.00. The zero-order chi connectivity index (χ0) is 18.0. The fraction of sp³-hybridized carbons (Fsp3) is 0.412. The highest BCUT2D eigenvalue weighted by molar-refractivity contribution is 5.90. The lowest BCUT2D eigenvalue weighted by Crippen LogP contribution is -2.39. The number of hydrogen-bond acceptors (Lipinski definition) is 4. The Morgan fingerprint density at radius 2 is 2.12 bits per heavy atom. The van der Waals surface area contributed by atoms with Crippen LogP contribution in [0.2, 0.25) is 0 Å². The van der Waals surface area contributed by atoms with Crippen molar-refractivity contribution < 1.29 is 14.0 Å². The number of aromatic nitrogens is 3. The third-order valence-electron chi connectivity index (χ3n) is 4.48. The maximum atomic E-state index is 13.9. The molecule has 1 fully saturated rings. The molecule has 1 saturated heterocycles. The second-order valence-corrected chi connectivity index (χ2v) is 6.33. The minimum absolute atomic E-state index is 0.0487. The number of hydrogen-bond donors (Lipinski definition) is 1. The third-order valence-corrected chi connectivity index (χ3v) is 4.48. The SMILES string of the molecule is Cc1ccccc1CC(=O)N1C[C@@H](F)C[C@H]1Cn1cc(C(N)=O)nn1. The van der Waals surface area contributed by atoms with E-state index in [1.54, 1.807) is 4.90 Å². The first-order valence-corrected chi connectivity index (χ1v) is 8.12. The van der Waals surface area contributed by atoms with Gasteiger partial charge in [0, 0.05) is 6.42 Å². The third kappa shape index (κ3) is 3.84. The summed E-state index contributed by atoms with van der Waals surface area (Å²) in [5.41, 5.74) is 7.17. The molecule has 0 spiro atoms. The van der Waals surface area contributed by atoms with Crippen molar-refractivity contribution in [1.29, 1.82) is 0 Å². The number of carbonyl (C=O) groups is 2. The number of benzene rings is 1. The van der Waals surface area contributed by atoms with Crippen molar-refractivity contribution >= 4 is 11.8 Å². The molecule has 2 amide bonds. The van der Waals surface area contributed by atoms with E-state index in [1.807, 2.05) is 31.2 Å². The molecule has 0 unspecified atom stereocenters. The van der Waals surface area contributed by atoms with E-state index in [-0.39, 0.29) is 43.6 Å². The molecule has 0 bridgehead atoms. The molecule has 1 aliphatic heterocycles. The maximum absolute atomic E-state index is 13.9. The van der Waals surface area contributed by atoms with Crippen molar-refractivity contribution in [2.45, 2.75) is 38.5 Å². The first kappa shape index (κ1) is 17.1. The summed E-state index contributed by atoms with van der Waals surface area (Å²) in [6.45, 7) is 2.30. The Labute approximate surface area is 144 Å². The van der Waals surface area contributed by atoms with E-state index in [0.717, 1.165) is 11.1 Å². The molecule has 8 heteroatoms. The standard InChI is InChI=1S/C17H20FN5O2/c1-11-4-2-3-5-12(11)6-16(24)23-8-13(18)7-14(23)9-22-10-15(17(19)25)20-21-22/h2-5,10,13-14H,6-9H2,1H3,(H2,19,25)/t13-,14-/m0/s1. The van der Waals surface area contributed by atoms with Crippen LogP contribution in [0.3, 0.4) is 0 Å². The quantitative estimate of drug-likeness (QED) is 0.870. The first-order valence-electron chi connectivity index (χ1n) is 8.12. The zero-order valence-corrected chi connectivity index (χ0v) is 13.9. The van der Waals surface area contributed by atoms with Gasteiger partial charge < -0.3 is 10.6 Å². The number of carbonyl (C=O) groups excluding carboxylic acids is 2. The van der Waals surface area contributed by atoms with E-state index in [0.29, 0.717) is 0 Å². The van der Waals surface area contributed by atoms with Gasteiger partial charge in [-0.3, -0.25) is 9.59 Å². The lowest BCUT2D eigenvalue weighted by molar-refractivity contribution is -0.131. The lowest BCUT2D eigenvalue weighted by Gasteiger charge is -2.24. The minimum Gasteiger partial charge on any atom is -0.364 e. The van der Waals surface area contributed by atoms with Crippen LogP contribution in [-0.2, 0) is 17.8 Å². The van der Waals surface area contributed by atoms with Crippen molar-refractivity contribution in [1.82, 2.24) is 19.9 Å². The number of primary amides is 1. The molecular weight excluding hydrogens is 325 g/mol. The van der Waals surface area contributed by atoms with Crippen molar-refractivity contribution in [3.05, 3.63) is 47.3 Å². The zero-order valence-electron chi connectivity index (χ0n) is 13.9. The summed E-state index contributed by atoms with van der Waals surface area (Å²) in [7, 11) is 0. The van der Waals surface area contributed by atoms with Gasteiger partial charge in [0.1, 0.15) is 6.17 Å². The largest absolute Gasteiger partial charge is 0.364 e. The van der Waals surface area contributed by atoms with Gasteiger partial charge in [0.25, 0.3) is 5.91 Å². The van der Waals surface area contributed by atoms with Crippen LogP contribution in [-0.4, -0.2) is 50.5 Å². The lowest BCUT2D eigenvalue weighted by atomic mass is 10.1. The summed E-state index contributed by atoms with van der Waals surface area (Å²) in [5, 5.41) is 7.49. The van der Waals surface area contributed by atoms with E-state index < -0.39 is 12.1 Å². The molecular formula is C17H20FN5O2. The number of likely N-dealkylation sites (tertiary alicyclic amines) is 1. The summed E-state index contributed by atoms with van der Waals surface area (Å²) in [6.07, 6.45) is 0.827. The average Bonchev–Trinajstić information content (AvgIpc) is 3.17. The van der Waals surface area contributed by atoms with Crippen LogP contribution in [0.15, 0.2) is 30.5 Å². The number of nitrogens with zero attached hydrogens (tertiary/aromatic N) is 4. The van der Waals surface area contributed by atoms with E-state index in [1.165, 1.54) is 10.9 Å². The van der Waals surface area contributed by atoms with E-state index in [2.05, 4.69) is 10.3 Å². The normalized spacial score (nSPS) is 20.0. The van der Waals surface area contributed by atoms with E-state index >= 15 is 0 Å². The van der Waals surface area contributed by atoms with E-state index in [4.69, 9.17) is 5.73 Å². The highest BCUT2D eigenvalue weighted by atomic mass is 19.1. The summed E-state index contributed by atoms with van der Waals surface area (Å²) in [5.74, 6) is -0.789. The van der Waals surface area contributed by atoms with Gasteiger partial charge in [0.05, 0.1) is 31.7 Å². The fourth-order valence-corrected chi connectivity index (χ4v) is 3.13. The van der Waals surface area contributed by atoms with Gasteiger partial charge in [-0.05, 0) is 18.1 Å². The number of nitrogens with two attached hydrogens (primary N) is 1. The Bertz CT molecular complexity index is 791. The molecule has 132 valence electrons. The number of rotatable bonds is 5. The van der Waals surface area contributed by atoms with Crippen LogP contribution >= 0.6 is 0 Å². The number of halogens is 1. The molecule has 0 radical (unpaired) electrons. The Hall–Kier alpha value is -2.77. The number of aryl methyl sites for hydroxylation is 1. The van der Waals surface area contributed by atoms with Crippen molar-refractivity contribution in [2.75, 3.05) is 6.54 Å². The Morgan fingerprint density at radius 3 is 2.80 bits per heavy atom. The first-order chi connectivity index (χ1) is 11.9. The molecule has 7 nitrogen and oxygen atoms in total. The topological polar surface area (TPSA) is 94.1 Å². The smallest absolute Gasteiger partial charge is 0.270 e. The maximum Gasteiger partial charge on any atom is 0.270 e. The highest BCUT2D eigenvalue weighted by Crippen LogP contribution is 2.23. The van der Waals surface area contributed by atoms with Gasteiger partial charge in [-0.1, -0.05) is 29.5 Å². The van der Waals surface area contributed by atoms with Gasteiger partial charge in [-0.25, -0.2) is 9.07 Å². The molecule has 3 rings (SSSR count). The molecule has 2 atom stereocenters. The second-order valence-electron chi connectivity index (χ2n) is 6.33. The van der Waals surface area contributed by atoms with Crippen molar-refractivity contribution in [3.63, 3.8) is 0 Å². The molecule has 1 aromatic heterocycles. The van der Waals surface area contributed by atoms with Crippen LogP contribution in [0.4, 0.5) is 4.39 Å². The predicted octanol–water partition coefficient (Wildman–Crippen LogP) is 0.867. The molecule has 25 heavy (non-hydrogen) atoms. The summed E-state index contributed by atoms with van der Waals surface area (Å²) >= 11 is 0. The van der Waals surface area contributed by atoms with Gasteiger partial charge in [-0.15, -0.1) is 5.10 Å². The van der Waals surface area contributed by atoms with Crippen LogP contribution in [0, 0.1) is 6.92 Å². The monoisotopic (exact) mass is 345 g/mol. The summed E-state index contributed by atoms with van der Waals surface area (Å²) < 4.78 is 15.4. The minimum atomic E-state index is -1.06. The number of alkyl halides is 1. The average molecular weight is 345 g/mol. The van der Waals surface area contributed by atoms with E-state index in [9.17, 15) is 14.0 Å². The molecule has 2 aromatic rings. The van der Waals surface area contributed by atoms with Crippen LogP contribution in [0.25, 0.3) is 0 Å². The predicted molar refractivity (Wildman–Crippen MR) is 88.4 cm³/mol. The molecule has 1 aliphatic rings. The van der Waals surface area contributed by atoms with Gasteiger partial charge in [0.2, 0.25) is 5.91 Å². The summed E-state index contributed by atoms with van der Waals surface area (Å²) in [6, 6.07) is 7.33. The Balaban J connectivity index is 1.71. The Kier molecular flexibility index (Phi) is 4.78. The molecule has 0 aliphatic carbocycles. The summed E-state index contributed by atoms with van der Waals surface area (Å²) in [4.78, 5) is 25.3. The molecule has 1 aromatic carbocycles. The van der Waals surface area contributed by atoms with Crippen LogP contribution < -0.4 is 5.73 Å². The van der Waals surface area contributed by atoms with Crippen molar-refractivity contribution in [2.24, 2.45) is 5.73 Å². The highest BCUT2D eigenvalue weighted by Gasteiger charge is 2.35. The Morgan fingerprint density at radius 1 is 1.36 bits per heavy atom. The fourth-order valence-electron chi connectivity index (χ4n) is 3.13. The molecule has 0 saturated carbocycles. The van der Waals surface area contributed by atoms with Crippen molar-refractivity contribution in [3.8, 4) is 0 Å². The van der Waals surface area contributed by atoms with Gasteiger partial charge >= 0.3 is 0 Å². The molecule has 2 N–H and O–H groups in total. The van der Waals surface area contributed by atoms with Crippen LogP contribution in [0.1, 0.15) is 28.0 Å². The number of amides is 2. The molecule has 2 heterocycles. The van der Waals surface area contributed by atoms with Crippen LogP contribution in [0.5, 0.6) is 0 Å². The van der Waals surface area contributed by atoms with Gasteiger partial charge in [-0.2, -0.15) is 0 Å².